The number of amides is 1. The summed E-state index contributed by atoms with van der Waals surface area (Å²) >= 11 is 0. The molecule has 0 unspecified atom stereocenters. The average Bonchev–Trinajstić information content (AvgIpc) is 2.80. The second-order valence-electron chi connectivity index (χ2n) is 5.51. The smallest absolute Gasteiger partial charge is 0.274 e. The van der Waals surface area contributed by atoms with Crippen molar-refractivity contribution in [2.45, 2.75) is 33.2 Å². The highest BCUT2D eigenvalue weighted by Gasteiger charge is 2.22. The second kappa shape index (κ2) is 5.43. The maximum atomic E-state index is 12.5. The number of aromatic amines is 1. The first-order valence-electron chi connectivity index (χ1n) is 6.71. The van der Waals surface area contributed by atoms with Crippen LogP contribution in [0.1, 0.15) is 37.7 Å². The first kappa shape index (κ1) is 13.6. The fraction of sp³-hybridized carbons (Fsp3) is 0.467. The van der Waals surface area contributed by atoms with Gasteiger partial charge in [-0.15, -0.1) is 0 Å². The van der Waals surface area contributed by atoms with Gasteiger partial charge in [0, 0.05) is 18.5 Å². The lowest BCUT2D eigenvalue weighted by molar-refractivity contribution is 0.0724. The third kappa shape index (κ3) is 2.78. The van der Waals surface area contributed by atoms with E-state index in [2.05, 4.69) is 31.0 Å². The van der Waals surface area contributed by atoms with E-state index in [0.717, 1.165) is 17.3 Å². The Labute approximate surface area is 113 Å². The molecule has 0 aliphatic carbocycles. The van der Waals surface area contributed by atoms with Crippen molar-refractivity contribution in [3.05, 3.63) is 30.0 Å². The fourth-order valence-corrected chi connectivity index (χ4v) is 2.33. The summed E-state index contributed by atoms with van der Waals surface area (Å²) in [6.07, 6.45) is 0.991. The molecule has 0 saturated heterocycles. The van der Waals surface area contributed by atoms with Gasteiger partial charge in [-0.05, 0) is 25.3 Å². The third-order valence-corrected chi connectivity index (χ3v) is 3.47. The zero-order valence-electron chi connectivity index (χ0n) is 12.0. The van der Waals surface area contributed by atoms with E-state index in [-0.39, 0.29) is 11.9 Å². The van der Waals surface area contributed by atoms with Gasteiger partial charge in [0.15, 0.2) is 5.69 Å². The zero-order valence-corrected chi connectivity index (χ0v) is 12.0. The molecule has 0 aliphatic rings. The number of hydrogen-bond acceptors (Lipinski definition) is 2. The van der Waals surface area contributed by atoms with Crippen molar-refractivity contribution < 1.29 is 4.79 Å². The maximum absolute atomic E-state index is 12.5. The second-order valence-corrected chi connectivity index (χ2v) is 5.51. The lowest BCUT2D eigenvalue weighted by Gasteiger charge is -2.25. The lowest BCUT2D eigenvalue weighted by Crippen LogP contribution is -2.36. The number of nitrogens with zero attached hydrogens (tertiary/aromatic N) is 2. The molecule has 4 heteroatoms. The number of H-pyrrole nitrogens is 1. The van der Waals surface area contributed by atoms with E-state index in [0.29, 0.717) is 11.6 Å². The van der Waals surface area contributed by atoms with Gasteiger partial charge in [0.25, 0.3) is 5.91 Å². The molecule has 1 heterocycles. The van der Waals surface area contributed by atoms with E-state index in [4.69, 9.17) is 0 Å². The van der Waals surface area contributed by atoms with Crippen LogP contribution < -0.4 is 0 Å². The summed E-state index contributed by atoms with van der Waals surface area (Å²) in [7, 11) is 1.85. The number of benzene rings is 1. The van der Waals surface area contributed by atoms with Crippen LogP contribution in [0.3, 0.4) is 0 Å². The molecule has 1 aromatic carbocycles. The highest BCUT2D eigenvalue weighted by atomic mass is 16.2. The van der Waals surface area contributed by atoms with Gasteiger partial charge >= 0.3 is 0 Å². The third-order valence-electron chi connectivity index (χ3n) is 3.47. The van der Waals surface area contributed by atoms with Crippen molar-refractivity contribution in [1.82, 2.24) is 15.1 Å². The standard InChI is InChI=1S/C15H21N3O/c1-10(2)9-11(3)18(4)15(19)14-12-7-5-6-8-13(12)16-17-14/h5-8,10-11H,9H2,1-4H3,(H,16,17)/t11-/m0/s1. The molecule has 0 spiro atoms. The SMILES string of the molecule is CC(C)C[C@H](C)N(C)C(=O)c1n[nH]c2ccccc12. The quantitative estimate of drug-likeness (QED) is 0.917. The van der Waals surface area contributed by atoms with Crippen molar-refractivity contribution in [3.63, 3.8) is 0 Å². The Morgan fingerprint density at radius 2 is 2.00 bits per heavy atom. The number of rotatable bonds is 4. The average molecular weight is 259 g/mol. The van der Waals surface area contributed by atoms with Crippen LogP contribution in [0.4, 0.5) is 0 Å². The number of aromatic nitrogens is 2. The van der Waals surface area contributed by atoms with Gasteiger partial charge in [-0.25, -0.2) is 0 Å². The van der Waals surface area contributed by atoms with Crippen molar-refractivity contribution in [3.8, 4) is 0 Å². The Hall–Kier alpha value is -1.84. The number of hydrogen-bond donors (Lipinski definition) is 1. The molecule has 4 nitrogen and oxygen atoms in total. The minimum Gasteiger partial charge on any atom is -0.338 e. The molecule has 1 aromatic heterocycles. The van der Waals surface area contributed by atoms with Crippen LogP contribution in [0.15, 0.2) is 24.3 Å². The molecule has 1 atom stereocenters. The first-order chi connectivity index (χ1) is 9.00. The van der Waals surface area contributed by atoms with Gasteiger partial charge in [-0.1, -0.05) is 32.0 Å². The number of carbonyl (C=O) groups excluding carboxylic acids is 1. The Bertz CT molecular complexity index is 574. The fourth-order valence-electron chi connectivity index (χ4n) is 2.33. The summed E-state index contributed by atoms with van der Waals surface area (Å²) in [5.41, 5.74) is 1.41. The van der Waals surface area contributed by atoms with Crippen LogP contribution in [0.5, 0.6) is 0 Å². The van der Waals surface area contributed by atoms with Gasteiger partial charge in [0.05, 0.1) is 5.52 Å². The summed E-state index contributed by atoms with van der Waals surface area (Å²) < 4.78 is 0. The van der Waals surface area contributed by atoms with Crippen molar-refractivity contribution >= 4 is 16.8 Å². The topological polar surface area (TPSA) is 49.0 Å². The summed E-state index contributed by atoms with van der Waals surface area (Å²) in [6.45, 7) is 6.41. The summed E-state index contributed by atoms with van der Waals surface area (Å²) in [5.74, 6) is 0.548. The van der Waals surface area contributed by atoms with Crippen molar-refractivity contribution in [1.29, 1.82) is 0 Å². The normalized spacial score (nSPS) is 12.9. The number of para-hydroxylation sites is 1. The largest absolute Gasteiger partial charge is 0.338 e. The predicted molar refractivity (Wildman–Crippen MR) is 77.1 cm³/mol. The van der Waals surface area contributed by atoms with Crippen LogP contribution in [0.2, 0.25) is 0 Å². The molecule has 19 heavy (non-hydrogen) atoms. The van der Waals surface area contributed by atoms with Crippen LogP contribution in [0, 0.1) is 5.92 Å². The highest BCUT2D eigenvalue weighted by molar-refractivity contribution is 6.04. The molecule has 0 bridgehead atoms. The zero-order chi connectivity index (χ0) is 14.0. The number of carbonyl (C=O) groups is 1. The summed E-state index contributed by atoms with van der Waals surface area (Å²) in [6, 6.07) is 7.92. The minimum atomic E-state index is -0.0226. The van der Waals surface area contributed by atoms with Crippen LogP contribution in [0.25, 0.3) is 10.9 Å². The Balaban J connectivity index is 2.24. The summed E-state index contributed by atoms with van der Waals surface area (Å²) in [5, 5.41) is 7.95. The Kier molecular flexibility index (Phi) is 3.88. The molecule has 1 N–H and O–H groups in total. The van der Waals surface area contributed by atoms with Gasteiger partial charge in [0.2, 0.25) is 0 Å². The van der Waals surface area contributed by atoms with E-state index in [1.807, 2.05) is 31.3 Å². The van der Waals surface area contributed by atoms with Crippen molar-refractivity contribution in [2.75, 3.05) is 7.05 Å². The molecule has 2 rings (SSSR count). The highest BCUT2D eigenvalue weighted by Crippen LogP contribution is 2.18. The Morgan fingerprint density at radius 3 is 2.68 bits per heavy atom. The molecule has 2 aromatic rings. The molecule has 102 valence electrons. The summed E-state index contributed by atoms with van der Waals surface area (Å²) in [4.78, 5) is 14.3. The van der Waals surface area contributed by atoms with E-state index in [1.165, 1.54) is 0 Å². The molecule has 0 fully saturated rings. The van der Waals surface area contributed by atoms with Gasteiger partial charge < -0.3 is 4.90 Å². The Morgan fingerprint density at radius 1 is 1.32 bits per heavy atom. The van der Waals surface area contributed by atoms with Crippen LogP contribution in [-0.4, -0.2) is 34.1 Å². The van der Waals surface area contributed by atoms with E-state index in [1.54, 1.807) is 4.90 Å². The van der Waals surface area contributed by atoms with E-state index < -0.39 is 0 Å². The van der Waals surface area contributed by atoms with Crippen LogP contribution >= 0.6 is 0 Å². The van der Waals surface area contributed by atoms with Crippen molar-refractivity contribution in [2.24, 2.45) is 5.92 Å². The number of fused-ring (bicyclic) bond motifs is 1. The maximum Gasteiger partial charge on any atom is 0.274 e. The lowest BCUT2D eigenvalue weighted by atomic mass is 10.0. The van der Waals surface area contributed by atoms with E-state index in [9.17, 15) is 4.79 Å². The predicted octanol–water partition coefficient (Wildman–Crippen LogP) is 3.07. The van der Waals surface area contributed by atoms with Gasteiger partial charge in [0.1, 0.15) is 0 Å². The molecular weight excluding hydrogens is 238 g/mol. The molecule has 0 saturated carbocycles. The molecule has 1 amide bonds. The van der Waals surface area contributed by atoms with E-state index >= 15 is 0 Å². The first-order valence-corrected chi connectivity index (χ1v) is 6.71. The minimum absolute atomic E-state index is 0.0226. The van der Waals surface area contributed by atoms with Gasteiger partial charge in [-0.3, -0.25) is 9.89 Å². The monoisotopic (exact) mass is 259 g/mol. The number of nitrogens with one attached hydrogen (secondary N) is 1. The molecule has 0 radical (unpaired) electrons. The van der Waals surface area contributed by atoms with Crippen LogP contribution in [-0.2, 0) is 0 Å². The molecular formula is C15H21N3O. The van der Waals surface area contributed by atoms with Gasteiger partial charge in [-0.2, -0.15) is 5.10 Å². The molecule has 0 aliphatic heterocycles.